The summed E-state index contributed by atoms with van der Waals surface area (Å²) in [6, 6.07) is 3.67. The quantitative estimate of drug-likeness (QED) is 0.396. The van der Waals surface area contributed by atoms with Gasteiger partial charge >= 0.3 is 12.1 Å². The Labute approximate surface area is 177 Å². The summed E-state index contributed by atoms with van der Waals surface area (Å²) >= 11 is 5.94. The summed E-state index contributed by atoms with van der Waals surface area (Å²) in [5.41, 5.74) is 0.920. The third kappa shape index (κ3) is 4.97. The van der Waals surface area contributed by atoms with Crippen molar-refractivity contribution in [3.63, 3.8) is 0 Å². The van der Waals surface area contributed by atoms with Gasteiger partial charge in [-0.2, -0.15) is 4.98 Å². The number of aromatic amines is 2. The second-order valence-electron chi connectivity index (χ2n) is 6.48. The van der Waals surface area contributed by atoms with E-state index in [0.29, 0.717) is 18.5 Å². The smallest absolute Gasteiger partial charge is 0.405 e. The second kappa shape index (κ2) is 8.30. The van der Waals surface area contributed by atoms with Crippen molar-refractivity contribution in [2.45, 2.75) is 19.3 Å². The van der Waals surface area contributed by atoms with Crippen molar-refractivity contribution in [2.75, 3.05) is 11.9 Å². The van der Waals surface area contributed by atoms with Crippen molar-refractivity contribution >= 4 is 28.7 Å². The minimum atomic E-state index is -4.89. The van der Waals surface area contributed by atoms with Crippen molar-refractivity contribution in [2.24, 2.45) is 0 Å². The van der Waals surface area contributed by atoms with E-state index in [9.17, 15) is 18.0 Å². The number of ether oxygens (including phenoxy) is 1. The highest BCUT2D eigenvalue weighted by Crippen LogP contribution is 2.29. The predicted molar refractivity (Wildman–Crippen MR) is 106 cm³/mol. The molecule has 13 heteroatoms. The highest BCUT2D eigenvalue weighted by Gasteiger charge is 2.32. The zero-order valence-corrected chi connectivity index (χ0v) is 16.5. The highest BCUT2D eigenvalue weighted by molar-refractivity contribution is 6.30. The molecule has 0 unspecified atom stereocenters. The lowest BCUT2D eigenvalue weighted by molar-refractivity contribution is -0.274. The number of rotatable bonds is 7. The Hall–Kier alpha value is -3.54. The van der Waals surface area contributed by atoms with E-state index in [-0.39, 0.29) is 28.7 Å². The fourth-order valence-corrected chi connectivity index (χ4v) is 3.17. The van der Waals surface area contributed by atoms with Gasteiger partial charge in [0.05, 0.1) is 24.8 Å². The standard InChI is InChI=1S/C18H15ClF3N7O2/c19-11-1-2-14(31-18(20,21)22)10(5-11)8-29-15-13(27-17(29)30)7-25-16(28-15)24-4-3-12-6-23-9-26-12/h1-2,5-7,9H,3-4,8H2,(H,23,26)(H,27,30)(H,24,25,28). The van der Waals surface area contributed by atoms with Crippen LogP contribution in [0.2, 0.25) is 5.02 Å². The maximum absolute atomic E-state index is 12.7. The SMILES string of the molecule is O=c1[nH]c2cnc(NCCc3c[nH]cn3)nc2n1Cc1cc(Cl)ccc1OC(F)(F)F. The first kappa shape index (κ1) is 20.7. The number of alkyl halides is 3. The van der Waals surface area contributed by atoms with Crippen molar-refractivity contribution in [3.8, 4) is 5.75 Å². The Morgan fingerprint density at radius 2 is 2.10 bits per heavy atom. The van der Waals surface area contributed by atoms with E-state index in [2.05, 4.69) is 35.0 Å². The number of H-pyrrole nitrogens is 2. The molecule has 1 aromatic carbocycles. The summed E-state index contributed by atoms with van der Waals surface area (Å²) in [7, 11) is 0. The molecule has 0 atom stereocenters. The number of halogens is 4. The van der Waals surface area contributed by atoms with Crippen molar-refractivity contribution in [1.29, 1.82) is 0 Å². The maximum atomic E-state index is 12.7. The number of anilines is 1. The molecule has 0 radical (unpaired) electrons. The van der Waals surface area contributed by atoms with Crippen LogP contribution in [0, 0.1) is 0 Å². The van der Waals surface area contributed by atoms with E-state index in [1.807, 2.05) is 0 Å². The minimum absolute atomic E-state index is 0.0690. The maximum Gasteiger partial charge on any atom is 0.573 e. The zero-order valence-electron chi connectivity index (χ0n) is 15.7. The number of nitrogens with zero attached hydrogens (tertiary/aromatic N) is 4. The molecule has 0 saturated carbocycles. The first-order valence-corrected chi connectivity index (χ1v) is 9.37. The molecule has 4 rings (SSSR count). The van der Waals surface area contributed by atoms with Crippen molar-refractivity contribution in [3.05, 3.63) is 63.7 Å². The van der Waals surface area contributed by atoms with Gasteiger partial charge in [-0.3, -0.25) is 4.57 Å². The topological polar surface area (TPSA) is 114 Å². The molecule has 0 amide bonds. The predicted octanol–water partition coefficient (Wildman–Crippen LogP) is 3.10. The molecule has 4 aromatic rings. The molecule has 0 spiro atoms. The van der Waals surface area contributed by atoms with Crippen LogP contribution in [0.1, 0.15) is 11.3 Å². The van der Waals surface area contributed by atoms with E-state index in [1.54, 1.807) is 12.5 Å². The summed E-state index contributed by atoms with van der Waals surface area (Å²) in [4.78, 5) is 30.4. The van der Waals surface area contributed by atoms with Gasteiger partial charge < -0.3 is 20.0 Å². The van der Waals surface area contributed by atoms with Gasteiger partial charge in [-0.1, -0.05) is 11.6 Å². The molecule has 162 valence electrons. The number of imidazole rings is 2. The summed E-state index contributed by atoms with van der Waals surface area (Å²) < 4.78 is 43.5. The Morgan fingerprint density at radius 1 is 1.26 bits per heavy atom. The summed E-state index contributed by atoms with van der Waals surface area (Å²) in [5, 5.41) is 3.23. The van der Waals surface area contributed by atoms with E-state index >= 15 is 0 Å². The van der Waals surface area contributed by atoms with Gasteiger partial charge in [-0.05, 0) is 18.2 Å². The molecule has 0 aliphatic rings. The molecular formula is C18H15ClF3N7O2. The van der Waals surface area contributed by atoms with Crippen LogP contribution in [-0.4, -0.2) is 42.4 Å². The molecule has 0 aliphatic heterocycles. The van der Waals surface area contributed by atoms with Crippen LogP contribution < -0.4 is 15.7 Å². The Kier molecular flexibility index (Phi) is 5.55. The fourth-order valence-electron chi connectivity index (χ4n) is 2.97. The first-order valence-electron chi connectivity index (χ1n) is 9.00. The molecular weight excluding hydrogens is 439 g/mol. The van der Waals surface area contributed by atoms with Gasteiger partial charge in [-0.25, -0.2) is 14.8 Å². The molecule has 9 nitrogen and oxygen atoms in total. The average molecular weight is 454 g/mol. The summed E-state index contributed by atoms with van der Waals surface area (Å²) in [6.45, 7) is 0.247. The number of hydrogen-bond donors (Lipinski definition) is 3. The number of fused-ring (bicyclic) bond motifs is 1. The molecule has 3 aromatic heterocycles. The first-order chi connectivity index (χ1) is 14.8. The van der Waals surface area contributed by atoms with Gasteiger partial charge in [-0.15, -0.1) is 13.2 Å². The average Bonchev–Trinajstić information content (AvgIpc) is 3.31. The lowest BCUT2D eigenvalue weighted by Gasteiger charge is -2.14. The van der Waals surface area contributed by atoms with E-state index in [4.69, 9.17) is 11.6 Å². The largest absolute Gasteiger partial charge is 0.573 e. The highest BCUT2D eigenvalue weighted by atomic mass is 35.5. The van der Waals surface area contributed by atoms with Gasteiger partial charge in [0.2, 0.25) is 5.95 Å². The molecule has 0 bridgehead atoms. The van der Waals surface area contributed by atoms with Crippen molar-refractivity contribution < 1.29 is 17.9 Å². The minimum Gasteiger partial charge on any atom is -0.405 e. The summed E-state index contributed by atoms with van der Waals surface area (Å²) in [5.74, 6) is -0.196. The lowest BCUT2D eigenvalue weighted by Crippen LogP contribution is -2.21. The molecule has 3 N–H and O–H groups in total. The van der Waals surface area contributed by atoms with E-state index < -0.39 is 17.8 Å². The van der Waals surface area contributed by atoms with Crippen LogP contribution >= 0.6 is 11.6 Å². The normalized spacial score (nSPS) is 11.7. The van der Waals surface area contributed by atoms with Gasteiger partial charge in [0.15, 0.2) is 5.65 Å². The summed E-state index contributed by atoms with van der Waals surface area (Å²) in [6.07, 6.45) is 0.485. The Bertz CT molecular complexity index is 1250. The third-order valence-corrected chi connectivity index (χ3v) is 4.54. The fraction of sp³-hybridized carbons (Fsp3) is 0.222. The number of nitrogens with one attached hydrogen (secondary N) is 3. The van der Waals surface area contributed by atoms with Crippen LogP contribution in [0.3, 0.4) is 0 Å². The van der Waals surface area contributed by atoms with Crippen LogP contribution in [0.15, 0.2) is 41.7 Å². The molecule has 0 fully saturated rings. The van der Waals surface area contributed by atoms with Crippen LogP contribution in [0.25, 0.3) is 11.2 Å². The molecule has 0 aliphatic carbocycles. The molecule has 31 heavy (non-hydrogen) atoms. The van der Waals surface area contributed by atoms with Crippen LogP contribution in [0.4, 0.5) is 19.1 Å². The third-order valence-electron chi connectivity index (χ3n) is 4.31. The Morgan fingerprint density at radius 3 is 2.84 bits per heavy atom. The Balaban J connectivity index is 1.61. The number of hydrogen-bond acceptors (Lipinski definition) is 6. The zero-order chi connectivity index (χ0) is 22.0. The van der Waals surface area contributed by atoms with E-state index in [1.165, 1.54) is 22.9 Å². The molecule has 3 heterocycles. The van der Waals surface area contributed by atoms with Crippen LogP contribution in [0.5, 0.6) is 5.75 Å². The monoisotopic (exact) mass is 453 g/mol. The van der Waals surface area contributed by atoms with Gasteiger partial charge in [0.1, 0.15) is 11.3 Å². The van der Waals surface area contributed by atoms with Gasteiger partial charge in [0.25, 0.3) is 0 Å². The van der Waals surface area contributed by atoms with Crippen molar-refractivity contribution in [1.82, 2.24) is 29.5 Å². The molecule has 0 saturated heterocycles. The van der Waals surface area contributed by atoms with Crippen LogP contribution in [-0.2, 0) is 13.0 Å². The lowest BCUT2D eigenvalue weighted by atomic mass is 10.2. The second-order valence-corrected chi connectivity index (χ2v) is 6.92. The number of aromatic nitrogens is 6. The van der Waals surface area contributed by atoms with Gasteiger partial charge in [0, 0.05) is 29.7 Å². The van der Waals surface area contributed by atoms with E-state index in [0.717, 1.165) is 11.8 Å². The number of benzene rings is 1.